The molecule has 6 nitrogen and oxygen atoms in total. The quantitative estimate of drug-likeness (QED) is 0.478. The van der Waals surface area contributed by atoms with Gasteiger partial charge in [-0.1, -0.05) is 29.3 Å². The van der Waals surface area contributed by atoms with E-state index in [4.69, 9.17) is 27.9 Å². The van der Waals surface area contributed by atoms with Gasteiger partial charge in [0.05, 0.1) is 12.1 Å². The van der Waals surface area contributed by atoms with E-state index in [1.54, 1.807) is 29.2 Å². The van der Waals surface area contributed by atoms with Crippen LogP contribution in [0.15, 0.2) is 36.4 Å². The van der Waals surface area contributed by atoms with Gasteiger partial charge in [0.15, 0.2) is 12.4 Å². The normalized spacial score (nSPS) is 13.8. The molecule has 164 valence electrons. The van der Waals surface area contributed by atoms with E-state index in [-0.39, 0.29) is 24.7 Å². The molecule has 1 aliphatic rings. The summed E-state index contributed by atoms with van der Waals surface area (Å²) in [4.78, 5) is 39.2. The smallest absolute Gasteiger partial charge is 0.310 e. The van der Waals surface area contributed by atoms with E-state index >= 15 is 0 Å². The zero-order valence-electron chi connectivity index (χ0n) is 16.9. The van der Waals surface area contributed by atoms with E-state index in [1.165, 1.54) is 19.1 Å². The highest BCUT2D eigenvalue weighted by Crippen LogP contribution is 2.23. The van der Waals surface area contributed by atoms with Crippen LogP contribution in [0.1, 0.15) is 22.8 Å². The molecule has 0 atom stereocenters. The molecule has 0 N–H and O–H groups in total. The molecule has 1 aliphatic heterocycles. The van der Waals surface area contributed by atoms with Gasteiger partial charge >= 0.3 is 5.97 Å². The molecule has 3 rings (SSSR count). The third-order valence-electron chi connectivity index (χ3n) is 5.03. The van der Waals surface area contributed by atoms with Crippen molar-refractivity contribution >= 4 is 46.5 Å². The standard InChI is InChI=1S/C22H21Cl2FN2O4/c1-14(28)15-3-5-20(19(25)10-15)26-6-8-27(9-7-26)21(29)13-31-22(30)11-16-2-4-17(23)12-18(16)24/h2-5,10,12H,6-9,11,13H2,1H3. The molecular weight excluding hydrogens is 446 g/mol. The lowest BCUT2D eigenvalue weighted by molar-refractivity contribution is -0.151. The maximum Gasteiger partial charge on any atom is 0.310 e. The van der Waals surface area contributed by atoms with E-state index in [0.29, 0.717) is 53.0 Å². The third-order valence-corrected chi connectivity index (χ3v) is 5.62. The number of piperazine rings is 1. The van der Waals surface area contributed by atoms with Gasteiger partial charge in [-0.05, 0) is 42.8 Å². The number of amides is 1. The van der Waals surface area contributed by atoms with Gasteiger partial charge in [-0.25, -0.2) is 4.39 Å². The fraction of sp³-hybridized carbons (Fsp3) is 0.318. The number of Topliss-reactive ketones (excluding diaryl/α,β-unsaturated/α-hetero) is 1. The van der Waals surface area contributed by atoms with Gasteiger partial charge in [0.2, 0.25) is 0 Å². The zero-order valence-corrected chi connectivity index (χ0v) is 18.4. The van der Waals surface area contributed by atoms with E-state index in [2.05, 4.69) is 0 Å². The summed E-state index contributed by atoms with van der Waals surface area (Å²) >= 11 is 11.9. The molecule has 0 saturated carbocycles. The number of nitrogens with zero attached hydrogens (tertiary/aromatic N) is 2. The second-order valence-corrected chi connectivity index (χ2v) is 8.01. The fourth-order valence-corrected chi connectivity index (χ4v) is 3.76. The summed E-state index contributed by atoms with van der Waals surface area (Å²) < 4.78 is 19.4. The molecule has 0 aromatic heterocycles. The lowest BCUT2D eigenvalue weighted by Crippen LogP contribution is -2.50. The van der Waals surface area contributed by atoms with Crippen molar-refractivity contribution in [2.75, 3.05) is 37.7 Å². The topological polar surface area (TPSA) is 66.9 Å². The second kappa shape index (κ2) is 10.1. The molecule has 1 amide bonds. The van der Waals surface area contributed by atoms with Crippen molar-refractivity contribution in [3.63, 3.8) is 0 Å². The van der Waals surface area contributed by atoms with Gasteiger partial charge in [0, 0.05) is 41.8 Å². The van der Waals surface area contributed by atoms with Crippen LogP contribution in [0.4, 0.5) is 10.1 Å². The number of ether oxygens (including phenoxy) is 1. The first-order chi connectivity index (χ1) is 14.7. The Balaban J connectivity index is 1.48. The Labute approximate surface area is 189 Å². The Bertz CT molecular complexity index is 1010. The number of rotatable bonds is 6. The molecule has 1 fully saturated rings. The Morgan fingerprint density at radius 2 is 1.74 bits per heavy atom. The molecule has 9 heteroatoms. The molecule has 1 heterocycles. The van der Waals surface area contributed by atoms with Crippen molar-refractivity contribution in [2.45, 2.75) is 13.3 Å². The van der Waals surface area contributed by atoms with E-state index < -0.39 is 11.8 Å². The minimum atomic E-state index is -0.566. The fourth-order valence-electron chi connectivity index (χ4n) is 3.28. The maximum atomic E-state index is 14.3. The summed E-state index contributed by atoms with van der Waals surface area (Å²) in [5.41, 5.74) is 1.27. The average Bonchev–Trinajstić information content (AvgIpc) is 2.74. The van der Waals surface area contributed by atoms with Crippen LogP contribution in [0, 0.1) is 5.82 Å². The molecule has 0 radical (unpaired) electrons. The molecule has 0 spiro atoms. The van der Waals surface area contributed by atoms with Gasteiger partial charge in [-0.15, -0.1) is 0 Å². The first-order valence-electron chi connectivity index (χ1n) is 9.67. The molecule has 2 aromatic rings. The van der Waals surface area contributed by atoms with Gasteiger partial charge < -0.3 is 14.5 Å². The number of carbonyl (C=O) groups is 3. The zero-order chi connectivity index (χ0) is 22.5. The van der Waals surface area contributed by atoms with Gasteiger partial charge in [-0.2, -0.15) is 0 Å². The van der Waals surface area contributed by atoms with Crippen molar-refractivity contribution < 1.29 is 23.5 Å². The number of anilines is 1. The monoisotopic (exact) mass is 466 g/mol. The predicted octanol–water partition coefficient (Wildman–Crippen LogP) is 3.77. The molecule has 1 saturated heterocycles. The number of esters is 1. The Morgan fingerprint density at radius 1 is 1.03 bits per heavy atom. The van der Waals surface area contributed by atoms with Crippen molar-refractivity contribution in [3.05, 3.63) is 63.4 Å². The molecule has 0 unspecified atom stereocenters. The minimum Gasteiger partial charge on any atom is -0.455 e. The third kappa shape index (κ3) is 5.95. The van der Waals surface area contributed by atoms with Crippen LogP contribution in [0.25, 0.3) is 0 Å². The Kier molecular flexibility index (Phi) is 7.51. The molecule has 31 heavy (non-hydrogen) atoms. The van der Waals surface area contributed by atoms with Crippen LogP contribution in [0.3, 0.4) is 0 Å². The van der Waals surface area contributed by atoms with Crippen molar-refractivity contribution in [1.29, 1.82) is 0 Å². The summed E-state index contributed by atoms with van der Waals surface area (Å²) in [5.74, 6) is -1.55. The molecule has 0 bridgehead atoms. The van der Waals surface area contributed by atoms with Crippen molar-refractivity contribution in [3.8, 4) is 0 Å². The lowest BCUT2D eigenvalue weighted by atomic mass is 10.1. The molecule has 0 aliphatic carbocycles. The van der Waals surface area contributed by atoms with Crippen molar-refractivity contribution in [2.24, 2.45) is 0 Å². The van der Waals surface area contributed by atoms with Crippen LogP contribution in [-0.2, 0) is 20.7 Å². The Hall–Kier alpha value is -2.64. The van der Waals surface area contributed by atoms with Crippen LogP contribution >= 0.6 is 23.2 Å². The maximum absolute atomic E-state index is 14.3. The minimum absolute atomic E-state index is 0.0629. The van der Waals surface area contributed by atoms with Crippen LogP contribution in [0.2, 0.25) is 10.0 Å². The highest BCUT2D eigenvalue weighted by atomic mass is 35.5. The number of ketones is 1. The van der Waals surface area contributed by atoms with Gasteiger partial charge in [0.1, 0.15) is 5.82 Å². The first-order valence-corrected chi connectivity index (χ1v) is 10.4. The average molecular weight is 467 g/mol. The van der Waals surface area contributed by atoms with E-state index in [9.17, 15) is 18.8 Å². The van der Waals surface area contributed by atoms with E-state index in [0.717, 1.165) is 0 Å². The number of hydrogen-bond acceptors (Lipinski definition) is 5. The van der Waals surface area contributed by atoms with Crippen LogP contribution < -0.4 is 4.90 Å². The number of halogens is 3. The largest absolute Gasteiger partial charge is 0.455 e. The summed E-state index contributed by atoms with van der Waals surface area (Å²) in [7, 11) is 0. The highest BCUT2D eigenvalue weighted by Gasteiger charge is 2.24. The van der Waals surface area contributed by atoms with Gasteiger partial charge in [-0.3, -0.25) is 14.4 Å². The first kappa shape index (κ1) is 23.0. The second-order valence-electron chi connectivity index (χ2n) is 7.16. The Morgan fingerprint density at radius 3 is 2.35 bits per heavy atom. The van der Waals surface area contributed by atoms with E-state index in [1.807, 2.05) is 4.90 Å². The molecule has 2 aromatic carbocycles. The SMILES string of the molecule is CC(=O)c1ccc(N2CCN(C(=O)COC(=O)Cc3ccc(Cl)cc3Cl)CC2)c(F)c1. The van der Waals surface area contributed by atoms with Crippen molar-refractivity contribution in [1.82, 2.24) is 4.90 Å². The predicted molar refractivity (Wildman–Crippen MR) is 116 cm³/mol. The molecular formula is C22H21Cl2FN2O4. The summed E-state index contributed by atoms with van der Waals surface area (Å²) in [6.45, 7) is 2.61. The van der Waals surface area contributed by atoms with Crippen LogP contribution in [-0.4, -0.2) is 55.3 Å². The summed E-state index contributed by atoms with van der Waals surface area (Å²) in [6.07, 6.45) is -0.0629. The number of carbonyl (C=O) groups excluding carboxylic acids is 3. The highest BCUT2D eigenvalue weighted by molar-refractivity contribution is 6.35. The lowest BCUT2D eigenvalue weighted by Gasteiger charge is -2.36. The van der Waals surface area contributed by atoms with Crippen LogP contribution in [0.5, 0.6) is 0 Å². The number of hydrogen-bond donors (Lipinski definition) is 0. The summed E-state index contributed by atoms with van der Waals surface area (Å²) in [6, 6.07) is 9.18. The van der Waals surface area contributed by atoms with Gasteiger partial charge in [0.25, 0.3) is 5.91 Å². The summed E-state index contributed by atoms with van der Waals surface area (Å²) in [5, 5.41) is 0.821. The number of benzene rings is 2.